The van der Waals surface area contributed by atoms with Crippen LogP contribution in [0.2, 0.25) is 0 Å². The summed E-state index contributed by atoms with van der Waals surface area (Å²) in [5.74, 6) is 0.720. The van der Waals surface area contributed by atoms with E-state index in [0.29, 0.717) is 25.0 Å². The first-order valence-corrected chi connectivity index (χ1v) is 8.52. The first kappa shape index (κ1) is 16.3. The standard InChI is InChI=1S/C19H19N5O2/c1-12-15(7-8-17(25)21-11-14-5-4-10-26-14)13(2)24-19(22-12)16-6-3-9-20-18(16)23-24/h3-6,9-10H,7-8,11H2,1-2H3,(H,21,25). The van der Waals surface area contributed by atoms with Crippen molar-refractivity contribution in [2.24, 2.45) is 0 Å². The number of pyridine rings is 1. The lowest BCUT2D eigenvalue weighted by Crippen LogP contribution is -2.23. The Kier molecular flexibility index (Phi) is 4.12. The zero-order chi connectivity index (χ0) is 18.1. The van der Waals surface area contributed by atoms with Crippen molar-refractivity contribution in [2.75, 3.05) is 0 Å². The molecule has 26 heavy (non-hydrogen) atoms. The number of aryl methyl sites for hydroxylation is 2. The van der Waals surface area contributed by atoms with Gasteiger partial charge in [0.05, 0.1) is 18.2 Å². The number of carbonyl (C=O) groups is 1. The molecule has 0 fully saturated rings. The van der Waals surface area contributed by atoms with E-state index in [1.165, 1.54) is 0 Å². The molecule has 0 unspecified atom stereocenters. The Bertz CT molecular complexity index is 1080. The van der Waals surface area contributed by atoms with Gasteiger partial charge in [-0.2, -0.15) is 0 Å². The summed E-state index contributed by atoms with van der Waals surface area (Å²) >= 11 is 0. The zero-order valence-electron chi connectivity index (χ0n) is 14.7. The Morgan fingerprint density at radius 2 is 2.15 bits per heavy atom. The highest BCUT2D eigenvalue weighted by molar-refractivity contribution is 5.89. The van der Waals surface area contributed by atoms with Gasteiger partial charge >= 0.3 is 0 Å². The van der Waals surface area contributed by atoms with E-state index in [2.05, 4.69) is 15.4 Å². The molecule has 0 spiro atoms. The van der Waals surface area contributed by atoms with Crippen LogP contribution in [0.3, 0.4) is 0 Å². The van der Waals surface area contributed by atoms with Crippen LogP contribution in [0.4, 0.5) is 0 Å². The lowest BCUT2D eigenvalue weighted by molar-refractivity contribution is -0.121. The third-order valence-corrected chi connectivity index (χ3v) is 4.53. The number of fused-ring (bicyclic) bond motifs is 3. The molecular weight excluding hydrogens is 330 g/mol. The van der Waals surface area contributed by atoms with Crippen LogP contribution in [0.15, 0.2) is 41.1 Å². The summed E-state index contributed by atoms with van der Waals surface area (Å²) in [6.45, 7) is 4.37. The number of carbonyl (C=O) groups excluding carboxylic acids is 1. The van der Waals surface area contributed by atoms with Crippen LogP contribution in [-0.4, -0.2) is 25.5 Å². The van der Waals surface area contributed by atoms with E-state index in [-0.39, 0.29) is 5.91 Å². The summed E-state index contributed by atoms with van der Waals surface area (Å²) in [4.78, 5) is 21.1. The predicted molar refractivity (Wildman–Crippen MR) is 96.6 cm³/mol. The van der Waals surface area contributed by atoms with Gasteiger partial charge in [0.1, 0.15) is 5.76 Å². The number of hydrogen-bond acceptors (Lipinski definition) is 5. The summed E-state index contributed by atoms with van der Waals surface area (Å²) in [6.07, 6.45) is 4.31. The molecule has 1 amide bonds. The van der Waals surface area contributed by atoms with E-state index < -0.39 is 0 Å². The van der Waals surface area contributed by atoms with Crippen LogP contribution >= 0.6 is 0 Å². The summed E-state index contributed by atoms with van der Waals surface area (Å²) in [5.41, 5.74) is 4.42. The number of furan rings is 1. The number of nitrogens with zero attached hydrogens (tertiary/aromatic N) is 4. The molecule has 7 nitrogen and oxygen atoms in total. The maximum atomic E-state index is 12.1. The Balaban J connectivity index is 1.54. The number of rotatable bonds is 5. The summed E-state index contributed by atoms with van der Waals surface area (Å²) in [5, 5.41) is 8.34. The number of amides is 1. The third-order valence-electron chi connectivity index (χ3n) is 4.53. The fourth-order valence-corrected chi connectivity index (χ4v) is 3.15. The minimum atomic E-state index is -0.0207. The lowest BCUT2D eigenvalue weighted by atomic mass is 10.1. The largest absolute Gasteiger partial charge is 0.467 e. The molecule has 1 N–H and O–H groups in total. The minimum absolute atomic E-state index is 0.0207. The average Bonchev–Trinajstić information content (AvgIpc) is 3.28. The van der Waals surface area contributed by atoms with Crippen molar-refractivity contribution in [3.05, 3.63) is 59.4 Å². The monoisotopic (exact) mass is 349 g/mol. The van der Waals surface area contributed by atoms with Crippen LogP contribution in [0, 0.1) is 13.8 Å². The Hall–Kier alpha value is -3.22. The van der Waals surface area contributed by atoms with Gasteiger partial charge in [0.2, 0.25) is 5.91 Å². The molecule has 132 valence electrons. The Labute approximate surface area is 150 Å². The second kappa shape index (κ2) is 6.59. The van der Waals surface area contributed by atoms with Crippen LogP contribution in [0.25, 0.3) is 16.7 Å². The lowest BCUT2D eigenvalue weighted by Gasteiger charge is -2.11. The molecule has 0 saturated carbocycles. The highest BCUT2D eigenvalue weighted by Crippen LogP contribution is 2.21. The highest BCUT2D eigenvalue weighted by atomic mass is 16.3. The van der Waals surface area contributed by atoms with Gasteiger partial charge in [0.25, 0.3) is 0 Å². The van der Waals surface area contributed by atoms with Gasteiger partial charge in [0, 0.05) is 24.0 Å². The molecule has 0 bridgehead atoms. The fraction of sp³-hybridized carbons (Fsp3) is 0.263. The maximum Gasteiger partial charge on any atom is 0.220 e. The molecular formula is C19H19N5O2. The van der Waals surface area contributed by atoms with E-state index in [9.17, 15) is 4.79 Å². The fourth-order valence-electron chi connectivity index (χ4n) is 3.15. The van der Waals surface area contributed by atoms with E-state index in [1.54, 1.807) is 18.5 Å². The van der Waals surface area contributed by atoms with E-state index in [4.69, 9.17) is 9.40 Å². The summed E-state index contributed by atoms with van der Waals surface area (Å²) < 4.78 is 7.04. The van der Waals surface area contributed by atoms with Crippen molar-refractivity contribution in [3.8, 4) is 0 Å². The van der Waals surface area contributed by atoms with Gasteiger partial charge < -0.3 is 9.73 Å². The minimum Gasteiger partial charge on any atom is -0.467 e. The molecule has 0 aliphatic rings. The number of hydrogen-bond donors (Lipinski definition) is 1. The number of nitrogens with one attached hydrogen (secondary N) is 1. The topological polar surface area (TPSA) is 85.3 Å². The van der Waals surface area contributed by atoms with Gasteiger partial charge in [-0.15, -0.1) is 5.10 Å². The van der Waals surface area contributed by atoms with Crippen LogP contribution in [0.5, 0.6) is 0 Å². The molecule has 4 aromatic rings. The van der Waals surface area contributed by atoms with Crippen molar-refractivity contribution >= 4 is 22.6 Å². The molecule has 0 aliphatic heterocycles. The van der Waals surface area contributed by atoms with Crippen molar-refractivity contribution in [3.63, 3.8) is 0 Å². The Morgan fingerprint density at radius 3 is 2.96 bits per heavy atom. The predicted octanol–water partition coefficient (Wildman–Crippen LogP) is 2.74. The van der Waals surface area contributed by atoms with Gasteiger partial charge in [-0.25, -0.2) is 14.5 Å². The highest BCUT2D eigenvalue weighted by Gasteiger charge is 2.15. The quantitative estimate of drug-likeness (QED) is 0.599. The smallest absolute Gasteiger partial charge is 0.220 e. The molecule has 7 heteroatoms. The van der Waals surface area contributed by atoms with Crippen molar-refractivity contribution in [1.29, 1.82) is 0 Å². The first-order valence-electron chi connectivity index (χ1n) is 8.52. The van der Waals surface area contributed by atoms with Crippen LogP contribution in [-0.2, 0) is 17.8 Å². The normalized spacial score (nSPS) is 11.3. The molecule has 0 saturated heterocycles. The Morgan fingerprint density at radius 1 is 1.27 bits per heavy atom. The van der Waals surface area contributed by atoms with E-state index in [1.807, 2.05) is 36.6 Å². The maximum absolute atomic E-state index is 12.1. The van der Waals surface area contributed by atoms with Gasteiger partial charge in [-0.3, -0.25) is 4.79 Å². The van der Waals surface area contributed by atoms with Crippen molar-refractivity contribution in [1.82, 2.24) is 24.9 Å². The van der Waals surface area contributed by atoms with Crippen molar-refractivity contribution in [2.45, 2.75) is 33.2 Å². The molecule has 0 aliphatic carbocycles. The second-order valence-electron chi connectivity index (χ2n) is 6.23. The molecule has 0 aromatic carbocycles. The molecule has 4 heterocycles. The zero-order valence-corrected chi connectivity index (χ0v) is 14.7. The summed E-state index contributed by atoms with van der Waals surface area (Å²) in [6, 6.07) is 7.49. The second-order valence-corrected chi connectivity index (χ2v) is 6.23. The molecule has 0 radical (unpaired) electrons. The SMILES string of the molecule is Cc1nc2c3cccnc3nn2c(C)c1CCC(=O)NCc1ccco1. The molecule has 0 atom stereocenters. The van der Waals surface area contributed by atoms with E-state index >= 15 is 0 Å². The van der Waals surface area contributed by atoms with E-state index in [0.717, 1.165) is 33.7 Å². The molecule has 4 aromatic heterocycles. The number of aromatic nitrogens is 4. The average molecular weight is 349 g/mol. The van der Waals surface area contributed by atoms with Crippen LogP contribution < -0.4 is 5.32 Å². The van der Waals surface area contributed by atoms with Gasteiger partial charge in [-0.05, 0) is 50.1 Å². The van der Waals surface area contributed by atoms with Crippen molar-refractivity contribution < 1.29 is 9.21 Å². The molecule has 4 rings (SSSR count). The van der Waals surface area contributed by atoms with Gasteiger partial charge in [0.15, 0.2) is 11.3 Å². The first-order chi connectivity index (χ1) is 12.6. The summed E-state index contributed by atoms with van der Waals surface area (Å²) in [7, 11) is 0. The van der Waals surface area contributed by atoms with Crippen LogP contribution in [0.1, 0.15) is 29.1 Å². The van der Waals surface area contributed by atoms with Gasteiger partial charge in [-0.1, -0.05) is 0 Å². The third kappa shape index (κ3) is 2.92.